The van der Waals surface area contributed by atoms with Gasteiger partial charge in [-0.2, -0.15) is 0 Å². The summed E-state index contributed by atoms with van der Waals surface area (Å²) in [4.78, 5) is 17.8. The summed E-state index contributed by atoms with van der Waals surface area (Å²) < 4.78 is 0.688. The molecule has 2 aromatic heterocycles. The highest BCUT2D eigenvalue weighted by Crippen LogP contribution is 2.08. The molecule has 0 aliphatic carbocycles. The Labute approximate surface area is 82.0 Å². The summed E-state index contributed by atoms with van der Waals surface area (Å²) in [7, 11) is 0. The Balaban J connectivity index is 2.93. The Hall–Kier alpha value is -0.910. The van der Waals surface area contributed by atoms with Crippen LogP contribution in [0.1, 0.15) is 0 Å². The smallest absolute Gasteiger partial charge is 0.263 e. The van der Waals surface area contributed by atoms with Crippen LogP contribution in [0.2, 0.25) is 0 Å². The van der Waals surface area contributed by atoms with E-state index in [1.165, 1.54) is 0 Å². The van der Waals surface area contributed by atoms with Crippen LogP contribution in [0.5, 0.6) is 0 Å². The van der Waals surface area contributed by atoms with Gasteiger partial charge in [0.2, 0.25) is 0 Å². The molecule has 2 rings (SSSR count). The van der Waals surface area contributed by atoms with Crippen LogP contribution in [0, 0.1) is 3.57 Å². The predicted molar refractivity (Wildman–Crippen MR) is 55.1 cm³/mol. The minimum Gasteiger partial charge on any atom is -0.306 e. The number of hydrogen-bond acceptors (Lipinski definition) is 2. The number of nitrogens with zero attached hydrogens (tertiary/aromatic N) is 1. The molecule has 0 aliphatic rings. The van der Waals surface area contributed by atoms with Crippen molar-refractivity contribution in [2.75, 3.05) is 0 Å². The summed E-state index contributed by atoms with van der Waals surface area (Å²) in [5, 5.41) is 0.960. The lowest BCUT2D eigenvalue weighted by atomic mass is 10.3. The first-order valence-electron chi connectivity index (χ1n) is 3.41. The number of nitrogens with one attached hydrogen (secondary N) is 1. The number of rotatable bonds is 0. The number of halogens is 1. The summed E-state index contributed by atoms with van der Waals surface area (Å²) in [6.45, 7) is 0. The predicted octanol–water partition coefficient (Wildman–Crippen LogP) is 1.53. The van der Waals surface area contributed by atoms with Gasteiger partial charge in [0.05, 0.1) is 3.57 Å². The number of H-pyrrole nitrogens is 1. The minimum absolute atomic E-state index is 0.0817. The molecule has 0 bridgehead atoms. The van der Waals surface area contributed by atoms with Crippen LogP contribution >= 0.6 is 22.6 Å². The topological polar surface area (TPSA) is 45.8 Å². The van der Waals surface area contributed by atoms with Gasteiger partial charge in [0, 0.05) is 11.6 Å². The van der Waals surface area contributed by atoms with Crippen LogP contribution in [0.15, 0.2) is 29.2 Å². The Morgan fingerprint density at radius 1 is 1.50 bits per heavy atom. The van der Waals surface area contributed by atoms with E-state index in [1.807, 2.05) is 40.8 Å². The van der Waals surface area contributed by atoms with E-state index >= 15 is 0 Å². The first kappa shape index (κ1) is 7.72. The van der Waals surface area contributed by atoms with Crippen LogP contribution < -0.4 is 5.56 Å². The van der Waals surface area contributed by atoms with Crippen molar-refractivity contribution < 1.29 is 0 Å². The molecule has 0 fully saturated rings. The molecule has 0 aromatic carbocycles. The van der Waals surface area contributed by atoms with Crippen molar-refractivity contribution in [2.24, 2.45) is 0 Å². The largest absolute Gasteiger partial charge is 0.306 e. The zero-order chi connectivity index (χ0) is 8.55. The van der Waals surface area contributed by atoms with E-state index in [-0.39, 0.29) is 5.56 Å². The monoisotopic (exact) mass is 272 g/mol. The quantitative estimate of drug-likeness (QED) is 0.739. The van der Waals surface area contributed by atoms with Crippen molar-refractivity contribution in [1.82, 2.24) is 9.97 Å². The number of hydrogen-bond donors (Lipinski definition) is 1. The van der Waals surface area contributed by atoms with Gasteiger partial charge >= 0.3 is 0 Å². The molecule has 2 aromatic rings. The van der Waals surface area contributed by atoms with Crippen LogP contribution in [-0.4, -0.2) is 9.97 Å². The molecule has 0 saturated heterocycles. The second-order valence-corrected chi connectivity index (χ2v) is 3.55. The van der Waals surface area contributed by atoms with Gasteiger partial charge in [0.1, 0.15) is 5.65 Å². The maximum atomic E-state index is 11.1. The van der Waals surface area contributed by atoms with Crippen molar-refractivity contribution in [2.45, 2.75) is 0 Å². The number of aromatic amines is 1. The highest BCUT2D eigenvalue weighted by atomic mass is 127. The molecular weight excluding hydrogens is 267 g/mol. The molecule has 2 heterocycles. The first-order valence-corrected chi connectivity index (χ1v) is 4.49. The van der Waals surface area contributed by atoms with Gasteiger partial charge in [0.15, 0.2) is 0 Å². The van der Waals surface area contributed by atoms with Gasteiger partial charge < -0.3 is 4.98 Å². The Morgan fingerprint density at radius 3 is 3.17 bits per heavy atom. The summed E-state index contributed by atoms with van der Waals surface area (Å²) in [6.07, 6.45) is 1.66. The highest BCUT2D eigenvalue weighted by Gasteiger charge is 1.98. The third-order valence-electron chi connectivity index (χ3n) is 1.57. The molecule has 0 amide bonds. The van der Waals surface area contributed by atoms with Crippen molar-refractivity contribution in [3.05, 3.63) is 38.3 Å². The summed E-state index contributed by atoms with van der Waals surface area (Å²) in [5.74, 6) is 0. The molecular formula is C8H5IN2O. The average molecular weight is 272 g/mol. The van der Waals surface area contributed by atoms with E-state index in [9.17, 15) is 4.79 Å². The van der Waals surface area contributed by atoms with Crippen molar-refractivity contribution in [1.29, 1.82) is 0 Å². The van der Waals surface area contributed by atoms with Crippen molar-refractivity contribution in [3.63, 3.8) is 0 Å². The van der Waals surface area contributed by atoms with Crippen LogP contribution in [0.25, 0.3) is 11.0 Å². The maximum Gasteiger partial charge on any atom is 0.263 e. The van der Waals surface area contributed by atoms with Crippen LogP contribution in [-0.2, 0) is 0 Å². The fourth-order valence-electron chi connectivity index (χ4n) is 1.01. The summed E-state index contributed by atoms with van der Waals surface area (Å²) in [6, 6.07) is 5.58. The molecule has 0 aliphatic heterocycles. The van der Waals surface area contributed by atoms with E-state index in [0.29, 0.717) is 9.22 Å². The number of pyridine rings is 2. The molecule has 0 atom stereocenters. The third-order valence-corrected chi connectivity index (χ3v) is 2.37. The minimum atomic E-state index is -0.0817. The normalized spacial score (nSPS) is 10.4. The van der Waals surface area contributed by atoms with Crippen LogP contribution in [0.4, 0.5) is 0 Å². The van der Waals surface area contributed by atoms with E-state index in [4.69, 9.17) is 0 Å². The second kappa shape index (κ2) is 2.85. The summed E-state index contributed by atoms with van der Waals surface area (Å²) >= 11 is 2.00. The van der Waals surface area contributed by atoms with Gasteiger partial charge in [-0.15, -0.1) is 0 Å². The van der Waals surface area contributed by atoms with Gasteiger partial charge in [-0.3, -0.25) is 4.79 Å². The molecule has 0 spiro atoms. The van der Waals surface area contributed by atoms with Gasteiger partial charge in [0.25, 0.3) is 5.56 Å². The molecule has 0 radical (unpaired) electrons. The standard InChI is InChI=1S/C8H5IN2O/c9-6-4-5-2-1-3-10-7(5)11-8(6)12/h1-4H,(H,10,11,12). The lowest BCUT2D eigenvalue weighted by Crippen LogP contribution is -2.09. The molecule has 1 N–H and O–H groups in total. The van der Waals surface area contributed by atoms with Gasteiger partial charge in [-0.25, -0.2) is 4.98 Å². The van der Waals surface area contributed by atoms with E-state index in [1.54, 1.807) is 6.20 Å². The number of fused-ring (bicyclic) bond motifs is 1. The first-order chi connectivity index (χ1) is 5.77. The average Bonchev–Trinajstić information content (AvgIpc) is 2.07. The zero-order valence-corrected chi connectivity index (χ0v) is 8.20. The third kappa shape index (κ3) is 1.22. The summed E-state index contributed by atoms with van der Waals surface area (Å²) in [5.41, 5.74) is 0.560. The van der Waals surface area contributed by atoms with Crippen molar-refractivity contribution in [3.8, 4) is 0 Å². The fourth-order valence-corrected chi connectivity index (χ4v) is 1.48. The fraction of sp³-hybridized carbons (Fsp3) is 0. The molecule has 4 heteroatoms. The van der Waals surface area contributed by atoms with E-state index in [2.05, 4.69) is 9.97 Å². The molecule has 0 unspecified atom stereocenters. The lowest BCUT2D eigenvalue weighted by Gasteiger charge is -1.95. The van der Waals surface area contributed by atoms with E-state index in [0.717, 1.165) is 5.39 Å². The van der Waals surface area contributed by atoms with Crippen molar-refractivity contribution >= 4 is 33.6 Å². The lowest BCUT2D eigenvalue weighted by molar-refractivity contribution is 1.21. The van der Waals surface area contributed by atoms with Crippen LogP contribution in [0.3, 0.4) is 0 Å². The maximum absolute atomic E-state index is 11.1. The number of aromatic nitrogens is 2. The molecule has 60 valence electrons. The Bertz CT molecular complexity index is 478. The second-order valence-electron chi connectivity index (χ2n) is 2.39. The Morgan fingerprint density at radius 2 is 2.33 bits per heavy atom. The molecule has 0 saturated carbocycles. The highest BCUT2D eigenvalue weighted by molar-refractivity contribution is 14.1. The van der Waals surface area contributed by atoms with E-state index < -0.39 is 0 Å². The SMILES string of the molecule is O=c1[nH]c2ncccc2cc1I. The van der Waals surface area contributed by atoms with Gasteiger partial charge in [-0.05, 0) is 40.8 Å². The van der Waals surface area contributed by atoms with Gasteiger partial charge in [-0.1, -0.05) is 0 Å². The zero-order valence-electron chi connectivity index (χ0n) is 6.04. The Kier molecular flexibility index (Phi) is 1.84. The molecule has 12 heavy (non-hydrogen) atoms. The molecule has 3 nitrogen and oxygen atoms in total.